The predicted molar refractivity (Wildman–Crippen MR) is 71.6 cm³/mol. The van der Waals surface area contributed by atoms with E-state index in [1.807, 2.05) is 0 Å². The van der Waals surface area contributed by atoms with E-state index in [4.69, 9.17) is 4.74 Å². The fourth-order valence-corrected chi connectivity index (χ4v) is 2.41. The van der Waals surface area contributed by atoms with Crippen molar-refractivity contribution in [3.05, 3.63) is 52.0 Å². The molecule has 1 unspecified atom stereocenters. The first kappa shape index (κ1) is 13.9. The second-order valence-electron chi connectivity index (χ2n) is 4.49. The lowest BCUT2D eigenvalue weighted by atomic mass is 9.96. The van der Waals surface area contributed by atoms with Crippen molar-refractivity contribution in [2.75, 3.05) is 0 Å². The van der Waals surface area contributed by atoms with Crippen LogP contribution in [-0.2, 0) is 0 Å². The first-order valence-electron chi connectivity index (χ1n) is 5.61. The summed E-state index contributed by atoms with van der Waals surface area (Å²) < 4.78 is 32.9. The second-order valence-corrected chi connectivity index (χ2v) is 5.34. The number of rotatable bonds is 3. The van der Waals surface area contributed by atoms with Gasteiger partial charge in [0.2, 0.25) is 0 Å². The number of carbonyl (C=O) groups excluding carboxylic acids is 1. The molecule has 0 N–H and O–H groups in total. The molecular weight excluding hydrogens is 318 g/mol. The zero-order chi connectivity index (χ0) is 14.0. The van der Waals surface area contributed by atoms with E-state index >= 15 is 0 Å². The summed E-state index contributed by atoms with van der Waals surface area (Å²) in [6.07, 6.45) is 2.58. The molecular formula is C14H11BrF2O2. The Balaban J connectivity index is 2.37. The van der Waals surface area contributed by atoms with Crippen molar-refractivity contribution in [2.45, 2.75) is 18.9 Å². The molecule has 0 aliphatic heterocycles. The molecule has 0 amide bonds. The van der Waals surface area contributed by atoms with E-state index in [0.717, 1.165) is 6.08 Å². The highest BCUT2D eigenvalue weighted by molar-refractivity contribution is 9.10. The Morgan fingerprint density at radius 3 is 2.79 bits per heavy atom. The summed E-state index contributed by atoms with van der Waals surface area (Å²) in [4.78, 5) is 11.0. The lowest BCUT2D eigenvalue weighted by molar-refractivity contribution is 0.109. The van der Waals surface area contributed by atoms with E-state index in [1.165, 1.54) is 6.08 Å². The topological polar surface area (TPSA) is 26.3 Å². The first-order chi connectivity index (χ1) is 8.93. The lowest BCUT2D eigenvalue weighted by Crippen LogP contribution is -2.32. The van der Waals surface area contributed by atoms with Gasteiger partial charge in [0.05, 0.1) is 10.0 Å². The minimum Gasteiger partial charge on any atom is -0.481 e. The number of ether oxygens (including phenoxy) is 1. The van der Waals surface area contributed by atoms with Gasteiger partial charge in [0.15, 0.2) is 6.29 Å². The molecule has 2 rings (SSSR count). The average Bonchev–Trinajstić information content (AvgIpc) is 2.29. The number of para-hydroxylation sites is 1. The van der Waals surface area contributed by atoms with E-state index in [9.17, 15) is 13.6 Å². The van der Waals surface area contributed by atoms with Crippen molar-refractivity contribution < 1.29 is 18.3 Å². The number of benzene rings is 1. The lowest BCUT2D eigenvalue weighted by Gasteiger charge is -2.30. The SMILES string of the molecule is CC1(Oc2c(Br)cccc2C=O)C=C(F)C=C(F)C1. The van der Waals surface area contributed by atoms with Gasteiger partial charge in [-0.15, -0.1) is 0 Å². The van der Waals surface area contributed by atoms with Gasteiger partial charge >= 0.3 is 0 Å². The maximum Gasteiger partial charge on any atom is 0.153 e. The molecule has 1 atom stereocenters. The molecule has 0 saturated heterocycles. The molecule has 0 heterocycles. The zero-order valence-corrected chi connectivity index (χ0v) is 11.7. The molecule has 0 aromatic heterocycles. The number of hydrogen-bond donors (Lipinski definition) is 0. The van der Waals surface area contributed by atoms with Crippen LogP contribution in [0.25, 0.3) is 0 Å². The smallest absolute Gasteiger partial charge is 0.153 e. The van der Waals surface area contributed by atoms with Gasteiger partial charge in [-0.1, -0.05) is 6.07 Å². The second kappa shape index (κ2) is 5.25. The molecule has 1 aromatic rings. The molecule has 1 aliphatic carbocycles. The summed E-state index contributed by atoms with van der Waals surface area (Å²) in [7, 11) is 0. The standard InChI is InChI=1S/C14H11BrF2O2/c1-14(6-10(16)5-11(17)7-14)19-13-9(8-18)3-2-4-12(13)15/h2-6,8H,7H2,1H3. The number of aldehydes is 1. The molecule has 0 fully saturated rings. The van der Waals surface area contributed by atoms with Gasteiger partial charge in [-0.25, -0.2) is 8.78 Å². The van der Waals surface area contributed by atoms with Gasteiger partial charge in [0.1, 0.15) is 23.0 Å². The number of allylic oxidation sites excluding steroid dienone is 2. The van der Waals surface area contributed by atoms with E-state index in [1.54, 1.807) is 25.1 Å². The Bertz CT molecular complexity index is 581. The van der Waals surface area contributed by atoms with Crippen LogP contribution < -0.4 is 4.74 Å². The Morgan fingerprint density at radius 2 is 2.16 bits per heavy atom. The molecule has 100 valence electrons. The fourth-order valence-electron chi connectivity index (χ4n) is 1.95. The van der Waals surface area contributed by atoms with Crippen LogP contribution in [0.4, 0.5) is 8.78 Å². The Kier molecular flexibility index (Phi) is 3.85. The highest BCUT2D eigenvalue weighted by atomic mass is 79.9. The van der Waals surface area contributed by atoms with E-state index in [2.05, 4.69) is 15.9 Å². The molecule has 0 saturated carbocycles. The zero-order valence-electron chi connectivity index (χ0n) is 10.1. The largest absolute Gasteiger partial charge is 0.481 e. The van der Waals surface area contributed by atoms with Crippen molar-refractivity contribution in [1.29, 1.82) is 0 Å². The molecule has 5 heteroatoms. The maximum absolute atomic E-state index is 13.3. The average molecular weight is 329 g/mol. The van der Waals surface area contributed by atoms with E-state index < -0.39 is 17.3 Å². The molecule has 19 heavy (non-hydrogen) atoms. The maximum atomic E-state index is 13.3. The molecule has 0 radical (unpaired) electrons. The third-order valence-corrected chi connectivity index (χ3v) is 3.34. The van der Waals surface area contributed by atoms with Gasteiger partial charge in [-0.05, 0) is 41.1 Å². The normalized spacial score (nSPS) is 22.5. The monoisotopic (exact) mass is 328 g/mol. The van der Waals surface area contributed by atoms with E-state index in [0.29, 0.717) is 16.3 Å². The minimum atomic E-state index is -1.16. The summed E-state index contributed by atoms with van der Waals surface area (Å²) in [5.74, 6) is -1.01. The third-order valence-electron chi connectivity index (χ3n) is 2.72. The van der Waals surface area contributed by atoms with Crippen LogP contribution in [0.3, 0.4) is 0 Å². The van der Waals surface area contributed by atoms with Gasteiger partial charge < -0.3 is 4.74 Å². The van der Waals surface area contributed by atoms with Crippen LogP contribution in [0.5, 0.6) is 5.75 Å². The van der Waals surface area contributed by atoms with Crippen LogP contribution in [0.2, 0.25) is 0 Å². The third kappa shape index (κ3) is 3.10. The van der Waals surface area contributed by atoms with Gasteiger partial charge in [-0.2, -0.15) is 0 Å². The Labute approximate surface area is 117 Å². The van der Waals surface area contributed by atoms with Crippen LogP contribution >= 0.6 is 15.9 Å². The number of hydrogen-bond acceptors (Lipinski definition) is 2. The van der Waals surface area contributed by atoms with E-state index in [-0.39, 0.29) is 12.2 Å². The first-order valence-corrected chi connectivity index (χ1v) is 6.40. The quantitative estimate of drug-likeness (QED) is 0.763. The molecule has 0 bridgehead atoms. The molecule has 2 nitrogen and oxygen atoms in total. The van der Waals surface area contributed by atoms with Gasteiger partial charge in [0.25, 0.3) is 0 Å². The summed E-state index contributed by atoms with van der Waals surface area (Å²) >= 11 is 3.26. The van der Waals surface area contributed by atoms with Crippen molar-refractivity contribution in [1.82, 2.24) is 0 Å². The van der Waals surface area contributed by atoms with Gasteiger partial charge in [0, 0.05) is 12.5 Å². The van der Waals surface area contributed by atoms with Crippen molar-refractivity contribution in [3.63, 3.8) is 0 Å². The van der Waals surface area contributed by atoms with Crippen molar-refractivity contribution in [3.8, 4) is 5.75 Å². The highest BCUT2D eigenvalue weighted by Gasteiger charge is 2.31. The summed E-state index contributed by atoms with van der Waals surface area (Å²) in [6.45, 7) is 1.56. The van der Waals surface area contributed by atoms with Crippen LogP contribution in [0, 0.1) is 0 Å². The van der Waals surface area contributed by atoms with Gasteiger partial charge in [-0.3, -0.25) is 4.79 Å². The minimum absolute atomic E-state index is 0.0833. The van der Waals surface area contributed by atoms with Crippen LogP contribution in [-0.4, -0.2) is 11.9 Å². The summed E-state index contributed by atoms with van der Waals surface area (Å²) in [5, 5.41) is 0. The predicted octanol–water partition coefficient (Wildman–Crippen LogP) is 4.51. The van der Waals surface area contributed by atoms with Crippen LogP contribution in [0.1, 0.15) is 23.7 Å². The summed E-state index contributed by atoms with van der Waals surface area (Å²) in [5.41, 5.74) is -0.843. The van der Waals surface area contributed by atoms with Crippen LogP contribution in [0.15, 0.2) is 46.5 Å². The Hall–Kier alpha value is -1.49. The summed E-state index contributed by atoms with van der Waals surface area (Å²) in [6, 6.07) is 4.95. The number of carbonyl (C=O) groups is 1. The molecule has 1 aromatic carbocycles. The van der Waals surface area contributed by atoms with Crippen molar-refractivity contribution in [2.24, 2.45) is 0 Å². The highest BCUT2D eigenvalue weighted by Crippen LogP contribution is 2.36. The molecule has 0 spiro atoms. The number of halogens is 3. The Morgan fingerprint density at radius 1 is 1.42 bits per heavy atom. The molecule has 1 aliphatic rings. The fraction of sp³-hybridized carbons (Fsp3) is 0.214. The van der Waals surface area contributed by atoms with Crippen molar-refractivity contribution >= 4 is 22.2 Å².